The zero-order valence-corrected chi connectivity index (χ0v) is 16.0. The van der Waals surface area contributed by atoms with Crippen LogP contribution in [0.3, 0.4) is 0 Å². The van der Waals surface area contributed by atoms with Crippen molar-refractivity contribution in [3.63, 3.8) is 0 Å². The van der Waals surface area contributed by atoms with Crippen molar-refractivity contribution in [2.75, 3.05) is 5.75 Å². The number of fused-ring (bicyclic) bond motifs is 1. The van der Waals surface area contributed by atoms with Crippen LogP contribution in [0.25, 0.3) is 22.7 Å². The molecule has 0 spiro atoms. The molecule has 1 saturated carbocycles. The zero-order valence-electron chi connectivity index (χ0n) is 15.2. The molecule has 28 heavy (non-hydrogen) atoms. The van der Waals surface area contributed by atoms with Gasteiger partial charge in [0, 0.05) is 35.5 Å². The van der Waals surface area contributed by atoms with Crippen LogP contribution in [0.15, 0.2) is 23.2 Å². The second-order valence-electron chi connectivity index (χ2n) is 6.84. The van der Waals surface area contributed by atoms with Crippen molar-refractivity contribution in [3.05, 3.63) is 29.6 Å². The van der Waals surface area contributed by atoms with Gasteiger partial charge >= 0.3 is 6.18 Å². The maximum Gasteiger partial charge on any atom is 0.435 e. The van der Waals surface area contributed by atoms with E-state index in [1.807, 2.05) is 13.0 Å². The van der Waals surface area contributed by atoms with Gasteiger partial charge in [-0.3, -0.25) is 9.76 Å². The van der Waals surface area contributed by atoms with E-state index in [0.717, 1.165) is 24.5 Å². The van der Waals surface area contributed by atoms with Gasteiger partial charge in [-0.15, -0.1) is 10.2 Å². The second kappa shape index (κ2) is 6.31. The molecule has 1 fully saturated rings. The van der Waals surface area contributed by atoms with E-state index >= 15 is 0 Å². The fourth-order valence-corrected chi connectivity index (χ4v) is 3.95. The number of aromatic nitrogens is 5. The summed E-state index contributed by atoms with van der Waals surface area (Å²) in [6, 6.07) is 2.76. The molecule has 0 amide bonds. The van der Waals surface area contributed by atoms with Gasteiger partial charge in [-0.25, -0.2) is 4.98 Å². The van der Waals surface area contributed by atoms with E-state index in [0.29, 0.717) is 22.2 Å². The van der Waals surface area contributed by atoms with Crippen molar-refractivity contribution >= 4 is 21.9 Å². The number of alkyl halides is 3. The lowest BCUT2D eigenvalue weighted by Gasteiger charge is -2.14. The first-order valence-corrected chi connectivity index (χ1v) is 10.0. The summed E-state index contributed by atoms with van der Waals surface area (Å²) in [6.07, 6.45) is -1.19. The molecule has 1 aliphatic carbocycles. The van der Waals surface area contributed by atoms with Gasteiger partial charge in [0.2, 0.25) is 0 Å². The van der Waals surface area contributed by atoms with Crippen molar-refractivity contribution < 1.29 is 13.2 Å². The van der Waals surface area contributed by atoms with Crippen molar-refractivity contribution in [2.24, 2.45) is 12.8 Å². The summed E-state index contributed by atoms with van der Waals surface area (Å²) in [5.74, 6) is 0.933. The fraction of sp³-hybridized carbons (Fsp3) is 0.412. The third-order valence-corrected chi connectivity index (χ3v) is 6.31. The Balaban J connectivity index is 1.89. The maximum absolute atomic E-state index is 12.9. The van der Waals surface area contributed by atoms with Crippen LogP contribution < -0.4 is 5.73 Å². The minimum Gasteiger partial charge on any atom is -0.321 e. The van der Waals surface area contributed by atoms with Gasteiger partial charge in [-0.1, -0.05) is 17.6 Å². The van der Waals surface area contributed by atoms with E-state index < -0.39 is 28.1 Å². The molecule has 3 heterocycles. The van der Waals surface area contributed by atoms with E-state index in [2.05, 4.69) is 20.2 Å². The van der Waals surface area contributed by atoms with Gasteiger partial charge < -0.3 is 10.3 Å². The van der Waals surface area contributed by atoms with E-state index in [4.69, 9.17) is 10.5 Å². The van der Waals surface area contributed by atoms with Gasteiger partial charge in [0.25, 0.3) is 0 Å². The molecule has 3 aromatic heterocycles. The quantitative estimate of drug-likeness (QED) is 0.688. The van der Waals surface area contributed by atoms with Gasteiger partial charge in [0.15, 0.2) is 17.2 Å². The molecule has 0 saturated heterocycles. The summed E-state index contributed by atoms with van der Waals surface area (Å²) in [5.41, 5.74) is 6.42. The average Bonchev–Trinajstić information content (AvgIpc) is 3.33. The van der Waals surface area contributed by atoms with Crippen molar-refractivity contribution in [3.8, 4) is 11.5 Å². The van der Waals surface area contributed by atoms with Crippen molar-refractivity contribution in [1.29, 1.82) is 4.78 Å². The minimum atomic E-state index is -4.60. The molecular formula is C17H18F3N7S. The van der Waals surface area contributed by atoms with Crippen LogP contribution in [0.4, 0.5) is 13.2 Å². The van der Waals surface area contributed by atoms with Crippen LogP contribution in [0.1, 0.15) is 31.0 Å². The third kappa shape index (κ3) is 3.08. The molecule has 7 nitrogen and oxygen atoms in total. The van der Waals surface area contributed by atoms with Gasteiger partial charge in [-0.05, 0) is 24.5 Å². The normalized spacial score (nSPS) is 17.1. The molecule has 0 aromatic carbocycles. The van der Waals surface area contributed by atoms with Crippen molar-refractivity contribution in [1.82, 2.24) is 24.7 Å². The molecule has 1 aliphatic rings. The fourth-order valence-electron chi connectivity index (χ4n) is 2.99. The van der Waals surface area contributed by atoms with Crippen molar-refractivity contribution in [2.45, 2.75) is 36.4 Å². The topological polar surface area (TPSA) is 106 Å². The van der Waals surface area contributed by atoms with E-state index in [9.17, 15) is 13.2 Å². The predicted molar refractivity (Wildman–Crippen MR) is 98.5 cm³/mol. The van der Waals surface area contributed by atoms with Crippen LogP contribution in [0.2, 0.25) is 0 Å². The maximum atomic E-state index is 12.9. The predicted octanol–water partition coefficient (Wildman–Crippen LogP) is 3.15. The summed E-state index contributed by atoms with van der Waals surface area (Å²) in [7, 11) is 0.789. The van der Waals surface area contributed by atoms with Crippen LogP contribution >= 0.6 is 0 Å². The molecule has 3 N–H and O–H groups in total. The SMILES string of the molecule is CCS(=N)c1cc(C2(N)CC2)cnc1-c1nc2cc(C(F)(F)F)nnc2n1C. The monoisotopic (exact) mass is 409 g/mol. The highest BCUT2D eigenvalue weighted by molar-refractivity contribution is 7.86. The first-order valence-electron chi connectivity index (χ1n) is 8.63. The number of rotatable bonds is 4. The van der Waals surface area contributed by atoms with Gasteiger partial charge in [0.05, 0.1) is 0 Å². The second-order valence-corrected chi connectivity index (χ2v) is 8.64. The number of nitrogens with zero attached hydrogens (tertiary/aromatic N) is 5. The number of halogens is 3. The molecule has 0 aliphatic heterocycles. The minimum absolute atomic E-state index is 0.0792. The molecule has 148 valence electrons. The summed E-state index contributed by atoms with van der Waals surface area (Å²) < 4.78 is 48.8. The molecule has 4 rings (SSSR count). The Morgan fingerprint density at radius 2 is 2.00 bits per heavy atom. The average molecular weight is 409 g/mol. The van der Waals surface area contributed by atoms with E-state index in [1.165, 1.54) is 0 Å². The highest BCUT2D eigenvalue weighted by atomic mass is 32.2. The molecule has 0 radical (unpaired) electrons. The number of nitrogens with one attached hydrogen (secondary N) is 1. The highest BCUT2D eigenvalue weighted by Crippen LogP contribution is 2.43. The van der Waals surface area contributed by atoms with E-state index in [-0.39, 0.29) is 11.2 Å². The lowest BCUT2D eigenvalue weighted by Crippen LogP contribution is -2.19. The third-order valence-electron chi connectivity index (χ3n) is 4.89. The Morgan fingerprint density at radius 1 is 1.29 bits per heavy atom. The lowest BCUT2D eigenvalue weighted by molar-refractivity contribution is -0.141. The molecule has 11 heteroatoms. The Hall–Kier alpha value is -2.40. The number of hydrogen-bond donors (Lipinski definition) is 2. The van der Waals surface area contributed by atoms with Crippen LogP contribution in [-0.4, -0.2) is 30.5 Å². The molecule has 1 unspecified atom stereocenters. The molecular weight excluding hydrogens is 391 g/mol. The Labute approximate surface area is 161 Å². The van der Waals surface area contributed by atoms with Crippen LogP contribution in [0, 0.1) is 4.78 Å². The first kappa shape index (κ1) is 18.9. The van der Waals surface area contributed by atoms with Gasteiger partial charge in [0.1, 0.15) is 11.2 Å². The number of hydrogen-bond acceptors (Lipinski definition) is 6. The van der Waals surface area contributed by atoms with Crippen LogP contribution in [0.5, 0.6) is 0 Å². The summed E-state index contributed by atoms with van der Waals surface area (Å²) in [6.45, 7) is 1.90. The number of imidazole rings is 1. The molecule has 1 atom stereocenters. The number of pyridine rings is 1. The van der Waals surface area contributed by atoms with Gasteiger partial charge in [-0.2, -0.15) is 13.2 Å². The Bertz CT molecular complexity index is 1100. The summed E-state index contributed by atoms with van der Waals surface area (Å²) in [5, 5.41) is 6.96. The Morgan fingerprint density at radius 3 is 2.61 bits per heavy atom. The highest BCUT2D eigenvalue weighted by Gasteiger charge is 2.41. The summed E-state index contributed by atoms with van der Waals surface area (Å²) >= 11 is 0. The standard InChI is InChI=1S/C17H18F3N7S/c1-3-28(22)11-6-9(16(21)4-5-16)8-23-13(11)15-24-10-7-12(17(18,19)20)25-26-14(10)27(15)2/h6-8,22H,3-5,21H2,1-2H3. The smallest absolute Gasteiger partial charge is 0.321 e. The first-order chi connectivity index (χ1) is 13.1. The molecule has 3 aromatic rings. The van der Waals surface area contributed by atoms with Crippen LogP contribution in [-0.2, 0) is 29.5 Å². The Kier molecular flexibility index (Phi) is 4.27. The lowest BCUT2D eigenvalue weighted by atomic mass is 10.1. The molecule has 0 bridgehead atoms. The number of nitrogens with two attached hydrogens (primary N) is 1. The largest absolute Gasteiger partial charge is 0.435 e. The summed E-state index contributed by atoms with van der Waals surface area (Å²) in [4.78, 5) is 9.51. The zero-order chi connectivity index (χ0) is 20.3. The van der Waals surface area contributed by atoms with E-state index in [1.54, 1.807) is 17.8 Å². The number of aryl methyl sites for hydroxylation is 1.